The minimum absolute atomic E-state index is 0.0376. The number of carbonyl (C=O) groups is 4. The molecule has 34 nitrogen and oxygen atoms in total. The standard InChI is InChI=1S/C27H27N7O2.C25H26FN7O2.C21H23N5O3.C20H23N5O3/c1-27(22-8-9-22,21-6-4-17(5-7-21)19-12-18-10-11-28-24(18)29-13-19)26-31-25(36-32-26)20-14-30-34(15-20)16-23(35)33(2)3;1-25(19-8-9-19,18-6-4-15(5-7-18)16-10-20(26)22(27)28-11-16)24-30-23(35-31-24)17-12-29-33(13-17)14-21(34)32(2)3;1-12(2)20(3,16-25-17(29-26-16)21(8-9-21)18(27)28)15-6-4-13(5-7-15)14-10-23-19(22)24-11-14;1-12(2)20(3,18-24-16(28-25-18)8-9-17(26)27)15-6-4-13(5-7-15)14-10-22-19(21)23-11-14/h4-7,10-15,22H,8-9,16H2,1-3H3,(H,28,29);4-7,10-13,19H,8-9,14H2,1-3H3,(H2,27,28);4-7,10-12H,8-9H2,1-3H3,(H,27,28)(H2,22,23,24);4-7,10-12H,8-9H2,1-3H3,(H,26,27)(H2,21,22,23). The number of carboxylic acids is 2. The number of aromatic nitrogens is 19. The van der Waals surface area contributed by atoms with Crippen molar-refractivity contribution < 1.29 is 51.9 Å². The lowest BCUT2D eigenvalue weighted by molar-refractivity contribution is -0.141. The van der Waals surface area contributed by atoms with Gasteiger partial charge < -0.3 is 60.3 Å². The number of rotatable bonds is 27. The van der Waals surface area contributed by atoms with Gasteiger partial charge in [-0.05, 0) is 153 Å². The summed E-state index contributed by atoms with van der Waals surface area (Å²) in [4.78, 5) is 95.6. The molecule has 0 spiro atoms. The van der Waals surface area contributed by atoms with Crippen LogP contribution in [0.1, 0.15) is 158 Å². The van der Waals surface area contributed by atoms with Crippen LogP contribution in [0.15, 0.2) is 202 Å². The molecular weight excluding hydrogens is 1630 g/mol. The van der Waals surface area contributed by atoms with Crippen LogP contribution in [0.5, 0.6) is 0 Å². The maximum absolute atomic E-state index is 13.9. The van der Waals surface area contributed by atoms with E-state index < -0.39 is 39.4 Å². The molecule has 11 aromatic heterocycles. The summed E-state index contributed by atoms with van der Waals surface area (Å²) in [5.41, 5.74) is 27.6. The fourth-order valence-electron chi connectivity index (χ4n) is 15.4. The number of aromatic amines is 1. The van der Waals surface area contributed by atoms with Crippen LogP contribution in [0.25, 0.3) is 78.4 Å². The lowest BCUT2D eigenvalue weighted by atomic mass is 9.72. The van der Waals surface area contributed by atoms with Gasteiger partial charge in [0.1, 0.15) is 24.2 Å². The number of nitrogens with one attached hydrogen (secondary N) is 1. The van der Waals surface area contributed by atoms with Crippen LogP contribution >= 0.6 is 0 Å². The molecule has 11 heterocycles. The molecule has 3 fully saturated rings. The molecule has 0 aliphatic heterocycles. The highest BCUT2D eigenvalue weighted by Gasteiger charge is 2.58. The molecule has 0 bridgehead atoms. The number of hydrogen-bond donors (Lipinski definition) is 6. The predicted octanol–water partition coefficient (Wildman–Crippen LogP) is 14.1. The average Bonchev–Trinajstić information content (AvgIpc) is 1.58. The quantitative estimate of drug-likeness (QED) is 0.0278. The molecule has 4 unspecified atom stereocenters. The Morgan fingerprint density at radius 2 is 0.898 bits per heavy atom. The molecule has 658 valence electrons. The van der Waals surface area contributed by atoms with Gasteiger partial charge in [0.2, 0.25) is 35.5 Å². The Balaban J connectivity index is 0.000000132. The predicted molar refractivity (Wildman–Crippen MR) is 472 cm³/mol. The minimum atomic E-state index is -1.01. The second-order valence-corrected chi connectivity index (χ2v) is 34.4. The largest absolute Gasteiger partial charge is 0.481 e. The summed E-state index contributed by atoms with van der Waals surface area (Å²) in [6.45, 7) is 17.1. The van der Waals surface area contributed by atoms with Gasteiger partial charge in [-0.15, -0.1) is 0 Å². The lowest BCUT2D eigenvalue weighted by Crippen LogP contribution is -2.32. The van der Waals surface area contributed by atoms with Crippen LogP contribution in [0, 0.1) is 29.5 Å². The number of nitrogens with two attached hydrogens (primary N) is 3. The third kappa shape index (κ3) is 18.3. The Morgan fingerprint density at radius 3 is 1.31 bits per heavy atom. The number of pyridine rings is 2. The van der Waals surface area contributed by atoms with Gasteiger partial charge in [-0.3, -0.25) is 28.5 Å². The first-order valence-electron chi connectivity index (χ1n) is 41.9. The Morgan fingerprint density at radius 1 is 0.492 bits per heavy atom. The van der Waals surface area contributed by atoms with Gasteiger partial charge >= 0.3 is 11.9 Å². The van der Waals surface area contributed by atoms with E-state index in [-0.39, 0.29) is 78.6 Å². The van der Waals surface area contributed by atoms with Crippen LogP contribution < -0.4 is 17.2 Å². The first kappa shape index (κ1) is 88.0. The van der Waals surface area contributed by atoms with Gasteiger partial charge in [0, 0.05) is 118 Å². The van der Waals surface area contributed by atoms with E-state index in [4.69, 9.17) is 50.4 Å². The number of aryl methyl sites for hydroxylation is 1. The van der Waals surface area contributed by atoms with Gasteiger partial charge in [-0.25, -0.2) is 34.3 Å². The third-order valence-electron chi connectivity index (χ3n) is 25.1. The van der Waals surface area contributed by atoms with Gasteiger partial charge in [0.25, 0.3) is 11.8 Å². The van der Waals surface area contributed by atoms with E-state index in [1.807, 2.05) is 98.2 Å². The van der Waals surface area contributed by atoms with Gasteiger partial charge in [-0.1, -0.05) is 145 Å². The number of carbonyl (C=O) groups excluding carboxylic acids is 2. The fourth-order valence-corrected chi connectivity index (χ4v) is 15.4. The van der Waals surface area contributed by atoms with Crippen LogP contribution in [0.3, 0.4) is 0 Å². The van der Waals surface area contributed by atoms with Crippen molar-refractivity contribution in [3.8, 4) is 67.4 Å². The summed E-state index contributed by atoms with van der Waals surface area (Å²) in [5.74, 6) is 2.69. The normalized spacial score (nSPS) is 15.2. The van der Waals surface area contributed by atoms with Crippen molar-refractivity contribution in [2.24, 2.45) is 23.7 Å². The molecule has 128 heavy (non-hydrogen) atoms. The van der Waals surface area contributed by atoms with Crippen molar-refractivity contribution in [2.75, 3.05) is 45.4 Å². The van der Waals surface area contributed by atoms with Crippen molar-refractivity contribution in [3.05, 3.63) is 247 Å². The molecule has 9 N–H and O–H groups in total. The molecular formula is C93H99FN24O10. The third-order valence-corrected chi connectivity index (χ3v) is 25.1. The number of halogens is 1. The highest BCUT2D eigenvalue weighted by Crippen LogP contribution is 2.53. The van der Waals surface area contributed by atoms with E-state index in [1.54, 1.807) is 93.3 Å². The SMILES string of the molecule is CC(C)C(C)(c1ccc(-c2cnc(N)nc2)cc1)c1noc(C2(C(=O)O)CC2)n1.CC(C)C(C)(c1ccc(-c2cnc(N)nc2)cc1)c1noc(CCC(=O)O)n1.CN(C)C(=O)Cn1cc(-c2nc(C(C)(c3ccc(-c4cnc(N)c(F)c4)cc3)C3CC3)no2)cn1.CN(C)C(=O)Cn1cc(-c2nc(C(C)(c3ccc(-c4cnc5[nH]ccc5c4)cc3)C3CC3)no2)cn1. The number of anilines is 3. The van der Waals surface area contributed by atoms with E-state index in [0.29, 0.717) is 82.3 Å². The zero-order chi connectivity index (χ0) is 90.7. The Labute approximate surface area is 735 Å². The Bertz CT molecular complexity index is 6450. The van der Waals surface area contributed by atoms with Crippen LogP contribution in [0.2, 0.25) is 0 Å². The number of aliphatic carboxylic acids is 2. The Hall–Kier alpha value is -14.9. The van der Waals surface area contributed by atoms with Crippen molar-refractivity contribution in [1.29, 1.82) is 0 Å². The summed E-state index contributed by atoms with van der Waals surface area (Å²) in [7, 11) is 6.85. The fraction of sp³-hybridized carbons (Fsp3) is 0.333. The number of nitrogens with zero attached hydrogens (tertiary/aromatic N) is 20. The van der Waals surface area contributed by atoms with Crippen molar-refractivity contribution in [3.63, 3.8) is 0 Å². The number of likely N-dealkylation sites (N-methyl/N-ethyl adjacent to an activating group) is 2. The number of hydrogen-bond acceptors (Lipinski definition) is 27. The number of benzene rings is 4. The number of carboxylic acid groups (broad SMARTS) is 2. The molecule has 3 aliphatic carbocycles. The first-order valence-corrected chi connectivity index (χ1v) is 41.9. The van der Waals surface area contributed by atoms with Crippen LogP contribution in [0.4, 0.5) is 22.1 Å². The summed E-state index contributed by atoms with van der Waals surface area (Å²) < 4.78 is 39.0. The van der Waals surface area contributed by atoms with E-state index in [9.17, 15) is 28.7 Å². The highest BCUT2D eigenvalue weighted by atomic mass is 19.1. The monoisotopic (exact) mass is 1730 g/mol. The molecule has 3 saturated carbocycles. The van der Waals surface area contributed by atoms with E-state index >= 15 is 0 Å². The molecule has 2 amide bonds. The maximum Gasteiger partial charge on any atom is 0.319 e. The van der Waals surface area contributed by atoms with Gasteiger partial charge in [-0.2, -0.15) is 30.1 Å². The summed E-state index contributed by atoms with van der Waals surface area (Å²) >= 11 is 0. The zero-order valence-corrected chi connectivity index (χ0v) is 72.9. The Kier molecular flexibility index (Phi) is 24.7. The van der Waals surface area contributed by atoms with Crippen molar-refractivity contribution >= 4 is 52.5 Å². The molecule has 3 aliphatic rings. The van der Waals surface area contributed by atoms with Gasteiger partial charge in [0.05, 0.1) is 51.6 Å². The van der Waals surface area contributed by atoms with Crippen molar-refractivity contribution in [2.45, 2.75) is 147 Å². The van der Waals surface area contributed by atoms with Gasteiger partial charge in [0.15, 0.2) is 34.9 Å². The second kappa shape index (κ2) is 36.0. The second-order valence-electron chi connectivity index (χ2n) is 34.4. The number of amides is 2. The van der Waals surface area contributed by atoms with E-state index in [1.165, 1.54) is 15.9 Å². The molecule has 4 atom stereocenters. The lowest BCUT2D eigenvalue weighted by Gasteiger charge is -2.31. The van der Waals surface area contributed by atoms with Crippen LogP contribution in [-0.2, 0) is 65.8 Å². The van der Waals surface area contributed by atoms with E-state index in [2.05, 4.69) is 154 Å². The van der Waals surface area contributed by atoms with Crippen molar-refractivity contribution in [1.82, 2.24) is 105 Å². The number of H-pyrrole nitrogens is 1. The number of nitrogen functional groups attached to an aromatic ring is 3. The summed E-state index contributed by atoms with van der Waals surface area (Å²) in [6, 6.07) is 38.1. The molecule has 0 saturated heterocycles. The molecule has 18 rings (SSSR count). The summed E-state index contributed by atoms with van der Waals surface area (Å²) in [6.07, 6.45) is 24.5. The maximum atomic E-state index is 13.9. The molecule has 15 aromatic rings. The minimum Gasteiger partial charge on any atom is -0.481 e. The smallest absolute Gasteiger partial charge is 0.319 e. The zero-order valence-electron chi connectivity index (χ0n) is 72.9. The molecule has 0 radical (unpaired) electrons. The van der Waals surface area contributed by atoms with Crippen LogP contribution in [-0.4, -0.2) is 167 Å². The molecule has 4 aromatic carbocycles. The number of fused-ring (bicyclic) bond motifs is 1. The topological polar surface area (TPSA) is 478 Å². The summed E-state index contributed by atoms with van der Waals surface area (Å²) in [5, 5.41) is 45.0. The molecule has 35 heteroatoms. The average molecular weight is 1730 g/mol. The highest BCUT2D eigenvalue weighted by molar-refractivity contribution is 5.84. The van der Waals surface area contributed by atoms with E-state index in [0.717, 1.165) is 97.9 Å². The first-order chi connectivity index (χ1) is 61.2.